The van der Waals surface area contributed by atoms with Crippen LogP contribution >= 0.6 is 0 Å². The van der Waals surface area contributed by atoms with Gasteiger partial charge in [-0.15, -0.1) is 0 Å². The molecule has 2 N–H and O–H groups in total. The summed E-state index contributed by atoms with van der Waals surface area (Å²) in [7, 11) is 1.56. The summed E-state index contributed by atoms with van der Waals surface area (Å²) < 4.78 is 45.9. The maximum atomic E-state index is 13.1. The first-order valence-electron chi connectivity index (χ1n) is 11.9. The molecule has 2 aliphatic rings. The van der Waals surface area contributed by atoms with Crippen LogP contribution in [-0.2, 0) is 6.18 Å². The number of rotatable bonds is 5. The molecular formula is C25H27F3N8O. The molecule has 0 unspecified atom stereocenters. The van der Waals surface area contributed by atoms with Crippen LogP contribution < -0.4 is 15.4 Å². The van der Waals surface area contributed by atoms with E-state index in [0.29, 0.717) is 59.9 Å². The molecule has 0 amide bonds. The van der Waals surface area contributed by atoms with Crippen LogP contribution in [0.15, 0.2) is 47.0 Å². The minimum atomic E-state index is -4.51. The monoisotopic (exact) mass is 512 g/mol. The number of piperidine rings is 1. The number of pyridine rings is 1. The van der Waals surface area contributed by atoms with E-state index < -0.39 is 11.9 Å². The molecule has 5 rings (SSSR count). The van der Waals surface area contributed by atoms with Crippen LogP contribution in [0.5, 0.6) is 5.88 Å². The lowest BCUT2D eigenvalue weighted by atomic mass is 9.99. The fraction of sp³-hybridized carbons (Fsp3) is 0.400. The Bertz CT molecular complexity index is 1370. The highest BCUT2D eigenvalue weighted by Crippen LogP contribution is 2.45. The quantitative estimate of drug-likeness (QED) is 0.537. The molecule has 0 bridgehead atoms. The fourth-order valence-electron chi connectivity index (χ4n) is 4.45. The van der Waals surface area contributed by atoms with Gasteiger partial charge in [-0.05, 0) is 56.9 Å². The number of nitrogens with two attached hydrogens (primary N) is 1. The lowest BCUT2D eigenvalue weighted by Crippen LogP contribution is -2.38. The zero-order valence-corrected chi connectivity index (χ0v) is 20.7. The molecule has 1 aliphatic heterocycles. The molecule has 9 nitrogen and oxygen atoms in total. The number of methoxy groups -OCH3 is 1. The summed E-state index contributed by atoms with van der Waals surface area (Å²) >= 11 is 0. The molecule has 1 aliphatic carbocycles. The molecule has 0 aromatic carbocycles. The number of aliphatic imine (C=N–C) groups is 1. The molecule has 2 fully saturated rings. The van der Waals surface area contributed by atoms with Crippen molar-refractivity contribution in [3.63, 3.8) is 0 Å². The van der Waals surface area contributed by atoms with Crippen LogP contribution in [0, 0.1) is 6.92 Å². The van der Waals surface area contributed by atoms with Crippen molar-refractivity contribution in [2.24, 2.45) is 10.7 Å². The van der Waals surface area contributed by atoms with Gasteiger partial charge in [-0.3, -0.25) is 0 Å². The van der Waals surface area contributed by atoms with Gasteiger partial charge in [0.25, 0.3) is 0 Å². The number of aryl methyl sites for hydroxylation is 1. The second-order valence-corrected chi connectivity index (χ2v) is 9.24. The van der Waals surface area contributed by atoms with Gasteiger partial charge in [-0.25, -0.2) is 19.6 Å². The van der Waals surface area contributed by atoms with E-state index in [0.717, 1.165) is 35.9 Å². The van der Waals surface area contributed by atoms with Gasteiger partial charge in [-0.1, -0.05) is 0 Å². The summed E-state index contributed by atoms with van der Waals surface area (Å²) in [6.45, 7) is 4.53. The van der Waals surface area contributed by atoms with Crippen molar-refractivity contribution >= 4 is 17.2 Å². The molecular weight excluding hydrogens is 485 g/mol. The van der Waals surface area contributed by atoms with Crippen LogP contribution in [0.1, 0.15) is 49.2 Å². The Morgan fingerprint density at radius 2 is 1.97 bits per heavy atom. The average molecular weight is 513 g/mol. The van der Waals surface area contributed by atoms with E-state index in [2.05, 4.69) is 25.0 Å². The largest absolute Gasteiger partial charge is 0.479 e. The average Bonchev–Trinajstić information content (AvgIpc) is 3.64. The van der Waals surface area contributed by atoms with E-state index in [1.807, 2.05) is 6.92 Å². The molecule has 194 valence electrons. The van der Waals surface area contributed by atoms with Crippen LogP contribution in [0.2, 0.25) is 0 Å². The van der Waals surface area contributed by atoms with Crippen molar-refractivity contribution in [1.29, 1.82) is 0 Å². The molecule has 3 aromatic rings. The second kappa shape index (κ2) is 9.49. The highest BCUT2D eigenvalue weighted by Gasteiger charge is 2.35. The maximum absolute atomic E-state index is 13.1. The van der Waals surface area contributed by atoms with Crippen LogP contribution in [0.3, 0.4) is 0 Å². The highest BCUT2D eigenvalue weighted by molar-refractivity contribution is 6.06. The molecule has 1 saturated carbocycles. The Kier molecular flexibility index (Phi) is 6.34. The normalized spacial score (nSPS) is 18.9. The summed E-state index contributed by atoms with van der Waals surface area (Å²) in [5.74, 6) is 1.44. The van der Waals surface area contributed by atoms with Gasteiger partial charge in [0.15, 0.2) is 5.69 Å². The number of anilines is 1. The zero-order valence-electron chi connectivity index (χ0n) is 20.7. The Hall–Kier alpha value is -3.96. The third-order valence-corrected chi connectivity index (χ3v) is 6.50. The molecule has 37 heavy (non-hydrogen) atoms. The molecule has 0 spiro atoms. The molecule has 4 heterocycles. The summed E-state index contributed by atoms with van der Waals surface area (Å²) in [5, 5.41) is 3.70. The number of aromatic nitrogens is 5. The van der Waals surface area contributed by atoms with Gasteiger partial charge in [0.05, 0.1) is 36.9 Å². The summed E-state index contributed by atoms with van der Waals surface area (Å²) in [5.41, 5.74) is 10.0. The van der Waals surface area contributed by atoms with E-state index >= 15 is 0 Å². The van der Waals surface area contributed by atoms with Crippen molar-refractivity contribution in [2.75, 3.05) is 25.1 Å². The van der Waals surface area contributed by atoms with Gasteiger partial charge >= 0.3 is 6.18 Å². The van der Waals surface area contributed by atoms with E-state index in [1.165, 1.54) is 17.2 Å². The van der Waals surface area contributed by atoms with E-state index in [1.54, 1.807) is 26.2 Å². The first-order chi connectivity index (χ1) is 17.7. The Morgan fingerprint density at radius 1 is 1.19 bits per heavy atom. The lowest BCUT2D eigenvalue weighted by Gasteiger charge is -2.31. The fourth-order valence-corrected chi connectivity index (χ4v) is 4.45. The lowest BCUT2D eigenvalue weighted by molar-refractivity contribution is -0.141. The van der Waals surface area contributed by atoms with Gasteiger partial charge in [0.1, 0.15) is 17.8 Å². The first-order valence-corrected chi connectivity index (χ1v) is 11.9. The smallest absolute Gasteiger partial charge is 0.435 e. The molecule has 3 aromatic heterocycles. The van der Waals surface area contributed by atoms with Crippen molar-refractivity contribution in [3.05, 3.63) is 59.1 Å². The van der Waals surface area contributed by atoms with E-state index in [-0.39, 0.29) is 0 Å². The predicted molar refractivity (Wildman–Crippen MR) is 132 cm³/mol. The Labute approximate surface area is 211 Å². The SMILES string of the molecule is COc1ncnc(C2CC2)c1N=C1CN(c2ccc(-n3nc(C(F)(F)F)cc3C)cn2)CC/C1=C(\C)N. The van der Waals surface area contributed by atoms with Crippen LogP contribution in [0.4, 0.5) is 24.7 Å². The number of hydrogen-bond donors (Lipinski definition) is 1. The Morgan fingerprint density at radius 3 is 2.57 bits per heavy atom. The number of alkyl halides is 3. The molecule has 1 saturated heterocycles. The molecule has 0 radical (unpaired) electrons. The van der Waals surface area contributed by atoms with E-state index in [9.17, 15) is 13.2 Å². The van der Waals surface area contributed by atoms with Crippen molar-refractivity contribution in [2.45, 2.75) is 45.2 Å². The predicted octanol–water partition coefficient (Wildman–Crippen LogP) is 4.49. The van der Waals surface area contributed by atoms with Gasteiger partial charge in [-0.2, -0.15) is 23.3 Å². The number of nitrogens with zero attached hydrogens (tertiary/aromatic N) is 7. The highest BCUT2D eigenvalue weighted by atomic mass is 19.4. The third kappa shape index (κ3) is 5.00. The van der Waals surface area contributed by atoms with Gasteiger partial charge in [0, 0.05) is 23.9 Å². The standard InChI is InChI=1S/C25H27F3N8O/c1-14-10-20(25(26,27)28)34-36(14)17-6-7-21(30-11-17)35-9-8-18(15(2)29)19(12-35)33-23-22(16-4-5-16)31-13-32-24(23)37-3/h6-7,10-11,13,16H,4-5,8-9,12,29H2,1-3H3/b18-15-,33-19?. The topological polar surface area (TPSA) is 107 Å². The summed E-state index contributed by atoms with van der Waals surface area (Å²) in [4.78, 5) is 20.3. The maximum Gasteiger partial charge on any atom is 0.435 e. The number of halogens is 3. The minimum Gasteiger partial charge on any atom is -0.479 e. The van der Waals surface area contributed by atoms with Crippen molar-refractivity contribution < 1.29 is 17.9 Å². The van der Waals surface area contributed by atoms with E-state index in [4.69, 9.17) is 15.5 Å². The summed E-state index contributed by atoms with van der Waals surface area (Å²) in [6.07, 6.45) is 1.28. The molecule has 12 heteroatoms. The third-order valence-electron chi connectivity index (χ3n) is 6.50. The van der Waals surface area contributed by atoms with Crippen LogP contribution in [-0.4, -0.2) is 50.6 Å². The number of allylic oxidation sites excluding steroid dienone is 1. The van der Waals surface area contributed by atoms with Crippen molar-refractivity contribution in [1.82, 2.24) is 24.7 Å². The van der Waals surface area contributed by atoms with Crippen molar-refractivity contribution in [3.8, 4) is 11.6 Å². The minimum absolute atomic E-state index is 0.347. The molecule has 0 atom stereocenters. The zero-order chi connectivity index (χ0) is 26.3. The van der Waals surface area contributed by atoms with Gasteiger partial charge in [0.2, 0.25) is 5.88 Å². The number of hydrogen-bond acceptors (Lipinski definition) is 8. The van der Waals surface area contributed by atoms with Gasteiger partial charge < -0.3 is 15.4 Å². The second-order valence-electron chi connectivity index (χ2n) is 9.24. The van der Waals surface area contributed by atoms with Crippen LogP contribution in [0.25, 0.3) is 5.69 Å². The summed E-state index contributed by atoms with van der Waals surface area (Å²) in [6, 6.07) is 4.49. The number of ether oxygens (including phenoxy) is 1. The first kappa shape index (κ1) is 24.7. The Balaban J connectivity index is 1.45.